The maximum Gasteiger partial charge on any atom is 0.331 e. The Kier molecular flexibility index (Phi) is 3.08. The lowest BCUT2D eigenvalue weighted by Gasteiger charge is -2.07. The molecule has 0 radical (unpaired) electrons. The Morgan fingerprint density at radius 3 is 2.69 bits per heavy atom. The highest BCUT2D eigenvalue weighted by Gasteiger charge is 2.15. The lowest BCUT2D eigenvalue weighted by molar-refractivity contribution is -0.132. The molecule has 0 bridgehead atoms. The number of fused-ring (bicyclic) bond motifs is 1. The van der Waals surface area contributed by atoms with E-state index in [1.54, 1.807) is 18.2 Å². The minimum Gasteiger partial charge on any atom is -0.493 e. The van der Waals surface area contributed by atoms with Crippen LogP contribution in [0.5, 0.6) is 5.75 Å². The van der Waals surface area contributed by atoms with Gasteiger partial charge < -0.3 is 9.84 Å². The van der Waals surface area contributed by atoms with Crippen LogP contribution in [0.1, 0.15) is 12.0 Å². The average Bonchev–Trinajstić information content (AvgIpc) is 2.41. The number of halogens is 2. The topological polar surface area (TPSA) is 46.5 Å². The van der Waals surface area contributed by atoms with Crippen LogP contribution in [0, 0.1) is 0 Å². The standard InChI is InChI=1S/C11H8Cl2O3/c12-8-4-7-3-6(11(14)15)1-2-16-10(7)5-9(8)13/h3-5H,1-2H2,(H,14,15). The Balaban J connectivity index is 2.52. The summed E-state index contributed by atoms with van der Waals surface area (Å²) in [5.74, 6) is -0.381. The molecule has 0 amide bonds. The number of benzene rings is 1. The monoisotopic (exact) mass is 258 g/mol. The summed E-state index contributed by atoms with van der Waals surface area (Å²) in [5.41, 5.74) is 0.946. The predicted octanol–water partition coefficient (Wildman–Crippen LogP) is 3.24. The van der Waals surface area contributed by atoms with Gasteiger partial charge in [-0.25, -0.2) is 4.79 Å². The minimum absolute atomic E-state index is 0.303. The van der Waals surface area contributed by atoms with Crippen molar-refractivity contribution in [3.05, 3.63) is 33.3 Å². The van der Waals surface area contributed by atoms with Crippen molar-refractivity contribution >= 4 is 35.2 Å². The lowest BCUT2D eigenvalue weighted by Crippen LogP contribution is -2.03. The van der Waals surface area contributed by atoms with Crippen LogP contribution < -0.4 is 4.74 Å². The summed E-state index contributed by atoms with van der Waals surface area (Å²) < 4.78 is 5.41. The number of carboxylic acids is 1. The molecule has 0 fully saturated rings. The highest BCUT2D eigenvalue weighted by molar-refractivity contribution is 6.42. The molecule has 0 saturated carbocycles. The van der Waals surface area contributed by atoms with E-state index < -0.39 is 5.97 Å². The van der Waals surface area contributed by atoms with Crippen molar-refractivity contribution < 1.29 is 14.6 Å². The summed E-state index contributed by atoms with van der Waals surface area (Å²) in [6, 6.07) is 3.20. The second-order valence-corrected chi connectivity index (χ2v) is 4.19. The third-order valence-electron chi connectivity index (χ3n) is 2.29. The smallest absolute Gasteiger partial charge is 0.331 e. The van der Waals surface area contributed by atoms with Crippen molar-refractivity contribution in [2.45, 2.75) is 6.42 Å². The molecular formula is C11H8Cl2O3. The molecule has 1 aliphatic heterocycles. The van der Waals surface area contributed by atoms with Crippen LogP contribution in [0.4, 0.5) is 0 Å². The molecule has 0 saturated heterocycles. The van der Waals surface area contributed by atoms with Gasteiger partial charge in [0.05, 0.1) is 16.7 Å². The molecule has 3 nitrogen and oxygen atoms in total. The molecular weight excluding hydrogens is 251 g/mol. The quantitative estimate of drug-likeness (QED) is 0.842. The normalized spacial score (nSPS) is 14.5. The van der Waals surface area contributed by atoms with Gasteiger partial charge >= 0.3 is 5.97 Å². The Morgan fingerprint density at radius 1 is 1.31 bits per heavy atom. The summed E-state index contributed by atoms with van der Waals surface area (Å²) in [6.07, 6.45) is 1.92. The molecule has 84 valence electrons. The van der Waals surface area contributed by atoms with E-state index in [1.165, 1.54) is 0 Å². The second-order valence-electron chi connectivity index (χ2n) is 3.38. The van der Waals surface area contributed by atoms with Gasteiger partial charge in [0.2, 0.25) is 0 Å². The Morgan fingerprint density at radius 2 is 2.00 bits per heavy atom. The maximum absolute atomic E-state index is 10.9. The SMILES string of the molecule is O=C(O)C1=Cc2cc(Cl)c(Cl)cc2OCC1. The van der Waals surface area contributed by atoms with Crippen LogP contribution in [0.15, 0.2) is 17.7 Å². The molecule has 0 spiro atoms. The number of ether oxygens (including phenoxy) is 1. The first-order chi connectivity index (χ1) is 7.58. The minimum atomic E-state index is -0.942. The fraction of sp³-hybridized carbons (Fsp3) is 0.182. The summed E-state index contributed by atoms with van der Waals surface area (Å²) in [6.45, 7) is 0.323. The molecule has 1 aliphatic rings. The molecule has 5 heteroatoms. The summed E-state index contributed by atoms with van der Waals surface area (Å²) in [5, 5.41) is 9.71. The molecule has 0 unspecified atom stereocenters. The highest BCUT2D eigenvalue weighted by Crippen LogP contribution is 2.33. The number of carbonyl (C=O) groups is 1. The van der Waals surface area contributed by atoms with Gasteiger partial charge in [-0.1, -0.05) is 23.2 Å². The molecule has 16 heavy (non-hydrogen) atoms. The number of hydrogen-bond donors (Lipinski definition) is 1. The third-order valence-corrected chi connectivity index (χ3v) is 3.01. The predicted molar refractivity (Wildman–Crippen MR) is 62.2 cm³/mol. The summed E-state index contributed by atoms with van der Waals surface area (Å²) >= 11 is 11.7. The fourth-order valence-electron chi connectivity index (χ4n) is 1.48. The Bertz CT molecular complexity index is 480. The van der Waals surface area contributed by atoms with E-state index in [2.05, 4.69) is 0 Å². The zero-order chi connectivity index (χ0) is 11.7. The molecule has 1 aromatic carbocycles. The van der Waals surface area contributed by atoms with Gasteiger partial charge in [0.1, 0.15) is 5.75 Å². The van der Waals surface area contributed by atoms with Gasteiger partial charge in [0.25, 0.3) is 0 Å². The van der Waals surface area contributed by atoms with E-state index >= 15 is 0 Å². The molecule has 1 N–H and O–H groups in total. The second kappa shape index (κ2) is 4.36. The van der Waals surface area contributed by atoms with Crippen molar-refractivity contribution in [2.24, 2.45) is 0 Å². The van der Waals surface area contributed by atoms with Crippen LogP contribution in [0.3, 0.4) is 0 Å². The van der Waals surface area contributed by atoms with Crippen LogP contribution in [0.25, 0.3) is 6.08 Å². The first-order valence-corrected chi connectivity index (χ1v) is 5.39. The van der Waals surface area contributed by atoms with E-state index in [1.807, 2.05) is 0 Å². The van der Waals surface area contributed by atoms with E-state index in [0.717, 1.165) is 0 Å². The van der Waals surface area contributed by atoms with Gasteiger partial charge in [-0.15, -0.1) is 0 Å². The molecule has 2 rings (SSSR count). The molecule has 1 heterocycles. The zero-order valence-electron chi connectivity index (χ0n) is 8.17. The third kappa shape index (κ3) is 2.15. The molecule has 0 aromatic heterocycles. The number of rotatable bonds is 1. The lowest BCUT2D eigenvalue weighted by atomic mass is 10.1. The van der Waals surface area contributed by atoms with Crippen LogP contribution in [-0.2, 0) is 4.79 Å². The molecule has 1 aromatic rings. The Labute approximate surface area is 102 Å². The van der Waals surface area contributed by atoms with Crippen LogP contribution in [0.2, 0.25) is 10.0 Å². The summed E-state index contributed by atoms with van der Waals surface area (Å²) in [7, 11) is 0. The van der Waals surface area contributed by atoms with Crippen LogP contribution in [-0.4, -0.2) is 17.7 Å². The summed E-state index contributed by atoms with van der Waals surface area (Å²) in [4.78, 5) is 10.9. The number of carboxylic acid groups (broad SMARTS) is 1. The van der Waals surface area contributed by atoms with Crippen molar-refractivity contribution in [1.82, 2.24) is 0 Å². The molecule has 0 atom stereocenters. The van der Waals surface area contributed by atoms with Crippen LogP contribution >= 0.6 is 23.2 Å². The average molecular weight is 259 g/mol. The van der Waals surface area contributed by atoms with E-state index in [9.17, 15) is 4.79 Å². The van der Waals surface area contributed by atoms with Crippen molar-refractivity contribution in [2.75, 3.05) is 6.61 Å². The van der Waals surface area contributed by atoms with Gasteiger partial charge in [-0.2, -0.15) is 0 Å². The first kappa shape index (κ1) is 11.3. The number of hydrogen-bond acceptors (Lipinski definition) is 2. The van der Waals surface area contributed by atoms with E-state index in [0.29, 0.717) is 40.0 Å². The van der Waals surface area contributed by atoms with Crippen molar-refractivity contribution in [3.8, 4) is 5.75 Å². The number of aliphatic carboxylic acids is 1. The maximum atomic E-state index is 10.9. The van der Waals surface area contributed by atoms with Gasteiger partial charge in [0.15, 0.2) is 0 Å². The highest BCUT2D eigenvalue weighted by atomic mass is 35.5. The van der Waals surface area contributed by atoms with Crippen molar-refractivity contribution in [1.29, 1.82) is 0 Å². The van der Waals surface area contributed by atoms with E-state index in [-0.39, 0.29) is 0 Å². The Hall–Kier alpha value is -1.19. The zero-order valence-corrected chi connectivity index (χ0v) is 9.68. The van der Waals surface area contributed by atoms with Crippen molar-refractivity contribution in [3.63, 3.8) is 0 Å². The van der Waals surface area contributed by atoms with E-state index in [4.69, 9.17) is 33.0 Å². The van der Waals surface area contributed by atoms with Gasteiger partial charge in [0, 0.05) is 23.6 Å². The first-order valence-electron chi connectivity index (χ1n) is 4.63. The largest absolute Gasteiger partial charge is 0.493 e. The van der Waals surface area contributed by atoms with Gasteiger partial charge in [-0.3, -0.25) is 0 Å². The van der Waals surface area contributed by atoms with Gasteiger partial charge in [-0.05, 0) is 12.1 Å². The molecule has 0 aliphatic carbocycles. The fourth-order valence-corrected chi connectivity index (χ4v) is 1.81.